The lowest BCUT2D eigenvalue weighted by Gasteiger charge is -2.21. The number of nitrogens with zero attached hydrogens (tertiary/aromatic N) is 1. The number of hydrogen-bond acceptors (Lipinski definition) is 3. The third-order valence-corrected chi connectivity index (χ3v) is 4.94. The normalized spacial score (nSPS) is 12.4. The number of nitrogens with two attached hydrogens (primary N) is 1. The van der Waals surface area contributed by atoms with E-state index in [2.05, 4.69) is 0 Å². The molecule has 0 aliphatic carbocycles. The van der Waals surface area contributed by atoms with Crippen molar-refractivity contribution in [3.63, 3.8) is 0 Å². The van der Waals surface area contributed by atoms with Gasteiger partial charge in [-0.2, -0.15) is 4.31 Å². The number of aryl methyl sites for hydroxylation is 1. The zero-order chi connectivity index (χ0) is 14.1. The van der Waals surface area contributed by atoms with Crippen molar-refractivity contribution in [2.45, 2.75) is 38.3 Å². The maximum absolute atomic E-state index is 13.6. The van der Waals surface area contributed by atoms with E-state index >= 15 is 0 Å². The molecule has 1 rings (SSSR count). The number of rotatable bonds is 4. The quantitative estimate of drug-likeness (QED) is 0.907. The second kappa shape index (κ2) is 5.34. The second-order valence-electron chi connectivity index (χ2n) is 4.53. The van der Waals surface area contributed by atoms with Gasteiger partial charge in [0, 0.05) is 25.2 Å². The van der Waals surface area contributed by atoms with Crippen LogP contribution >= 0.6 is 0 Å². The van der Waals surface area contributed by atoms with Crippen LogP contribution in [0.2, 0.25) is 0 Å². The van der Waals surface area contributed by atoms with Gasteiger partial charge in [0.2, 0.25) is 10.0 Å². The monoisotopic (exact) mass is 274 g/mol. The van der Waals surface area contributed by atoms with Crippen molar-refractivity contribution in [3.05, 3.63) is 29.1 Å². The fourth-order valence-electron chi connectivity index (χ4n) is 1.55. The first-order valence-electron chi connectivity index (χ1n) is 5.69. The molecule has 0 aliphatic heterocycles. The van der Waals surface area contributed by atoms with E-state index in [9.17, 15) is 12.8 Å². The van der Waals surface area contributed by atoms with Gasteiger partial charge >= 0.3 is 0 Å². The molecule has 0 bridgehead atoms. The molecular weight excluding hydrogens is 255 g/mol. The molecule has 102 valence electrons. The Morgan fingerprint density at radius 2 is 1.94 bits per heavy atom. The highest BCUT2D eigenvalue weighted by Crippen LogP contribution is 2.22. The van der Waals surface area contributed by atoms with Crippen molar-refractivity contribution >= 4 is 10.0 Å². The Balaban J connectivity index is 3.39. The third kappa shape index (κ3) is 2.71. The van der Waals surface area contributed by atoms with E-state index in [0.29, 0.717) is 0 Å². The number of benzene rings is 1. The SMILES string of the molecule is Cc1cc(S(=O)(=O)N(C)C(C)C)cc(CN)c1F. The lowest BCUT2D eigenvalue weighted by Crippen LogP contribution is -2.33. The Kier molecular flexibility index (Phi) is 4.47. The molecule has 0 aliphatic rings. The molecule has 0 saturated heterocycles. The van der Waals surface area contributed by atoms with E-state index in [-0.39, 0.29) is 28.6 Å². The standard InChI is InChI=1S/C12H19FN2O2S/c1-8(2)15(4)18(16,17)11-5-9(3)12(13)10(6-11)7-14/h5-6,8H,7,14H2,1-4H3. The predicted molar refractivity (Wildman–Crippen MR) is 69.1 cm³/mol. The van der Waals surface area contributed by atoms with Crippen LogP contribution in [0.3, 0.4) is 0 Å². The molecule has 6 heteroatoms. The second-order valence-corrected chi connectivity index (χ2v) is 6.53. The summed E-state index contributed by atoms with van der Waals surface area (Å²) in [6, 6.07) is 2.47. The van der Waals surface area contributed by atoms with Crippen molar-refractivity contribution in [3.8, 4) is 0 Å². The highest BCUT2D eigenvalue weighted by molar-refractivity contribution is 7.89. The summed E-state index contributed by atoms with van der Waals surface area (Å²) in [5.41, 5.74) is 5.92. The molecule has 0 aromatic heterocycles. The molecule has 0 unspecified atom stereocenters. The highest BCUT2D eigenvalue weighted by atomic mass is 32.2. The van der Waals surface area contributed by atoms with Gasteiger partial charge in [-0.1, -0.05) is 0 Å². The van der Waals surface area contributed by atoms with Crippen LogP contribution < -0.4 is 5.73 Å². The summed E-state index contributed by atoms with van der Waals surface area (Å²) < 4.78 is 39.4. The van der Waals surface area contributed by atoms with Crippen LogP contribution in [0.4, 0.5) is 4.39 Å². The molecule has 0 spiro atoms. The average Bonchev–Trinajstić information content (AvgIpc) is 2.30. The zero-order valence-electron chi connectivity index (χ0n) is 11.1. The average molecular weight is 274 g/mol. The van der Waals surface area contributed by atoms with Crippen molar-refractivity contribution < 1.29 is 12.8 Å². The van der Waals surface area contributed by atoms with Crippen LogP contribution in [0.5, 0.6) is 0 Å². The maximum atomic E-state index is 13.6. The molecule has 0 saturated carbocycles. The van der Waals surface area contributed by atoms with E-state index in [4.69, 9.17) is 5.73 Å². The van der Waals surface area contributed by atoms with E-state index in [0.717, 1.165) is 0 Å². The van der Waals surface area contributed by atoms with Crippen molar-refractivity contribution in [2.24, 2.45) is 5.73 Å². The van der Waals surface area contributed by atoms with Gasteiger partial charge in [0.05, 0.1) is 4.90 Å². The molecule has 4 nitrogen and oxygen atoms in total. The molecular formula is C12H19FN2O2S. The first-order valence-corrected chi connectivity index (χ1v) is 7.13. The lowest BCUT2D eigenvalue weighted by molar-refractivity contribution is 0.410. The Morgan fingerprint density at radius 1 is 1.39 bits per heavy atom. The van der Waals surface area contributed by atoms with E-state index in [1.807, 2.05) is 0 Å². The summed E-state index contributed by atoms with van der Waals surface area (Å²) in [6.45, 7) is 5.06. The summed E-state index contributed by atoms with van der Waals surface area (Å²) in [4.78, 5) is 0.0815. The van der Waals surface area contributed by atoms with Gasteiger partial charge in [-0.05, 0) is 38.5 Å². The zero-order valence-corrected chi connectivity index (χ0v) is 11.9. The number of hydrogen-bond donors (Lipinski definition) is 1. The fraction of sp³-hybridized carbons (Fsp3) is 0.500. The first kappa shape index (κ1) is 15.1. The Bertz CT molecular complexity index is 541. The Morgan fingerprint density at radius 3 is 2.39 bits per heavy atom. The van der Waals surface area contributed by atoms with Gasteiger partial charge in [-0.25, -0.2) is 12.8 Å². The minimum absolute atomic E-state index is 0.0264. The summed E-state index contributed by atoms with van der Waals surface area (Å²) in [5.74, 6) is -0.441. The third-order valence-electron chi connectivity index (χ3n) is 2.93. The molecule has 0 atom stereocenters. The van der Waals surface area contributed by atoms with Crippen LogP contribution in [0, 0.1) is 12.7 Å². The first-order chi connectivity index (χ1) is 8.21. The van der Waals surface area contributed by atoms with E-state index in [1.54, 1.807) is 13.8 Å². The van der Waals surface area contributed by atoms with Gasteiger partial charge in [0.25, 0.3) is 0 Å². The molecule has 1 aromatic rings. The molecule has 18 heavy (non-hydrogen) atoms. The smallest absolute Gasteiger partial charge is 0.243 e. The summed E-state index contributed by atoms with van der Waals surface area (Å²) in [6.07, 6.45) is 0. The number of halogens is 1. The maximum Gasteiger partial charge on any atom is 0.243 e. The van der Waals surface area contributed by atoms with Crippen molar-refractivity contribution in [1.82, 2.24) is 4.31 Å². The molecule has 0 amide bonds. The van der Waals surface area contributed by atoms with E-state index < -0.39 is 15.8 Å². The van der Waals surface area contributed by atoms with Gasteiger partial charge in [-0.3, -0.25) is 0 Å². The van der Waals surface area contributed by atoms with Crippen LogP contribution in [0.25, 0.3) is 0 Å². The largest absolute Gasteiger partial charge is 0.326 e. The van der Waals surface area contributed by atoms with Crippen LogP contribution in [0.15, 0.2) is 17.0 Å². The Hall–Kier alpha value is -0.980. The number of sulfonamides is 1. The van der Waals surface area contributed by atoms with Gasteiger partial charge in [-0.15, -0.1) is 0 Å². The summed E-state index contributed by atoms with van der Waals surface area (Å²) >= 11 is 0. The Labute approximate surface area is 108 Å². The highest BCUT2D eigenvalue weighted by Gasteiger charge is 2.24. The fourth-order valence-corrected chi connectivity index (χ4v) is 3.05. The van der Waals surface area contributed by atoms with Crippen LogP contribution in [0.1, 0.15) is 25.0 Å². The van der Waals surface area contributed by atoms with Gasteiger partial charge in [0.15, 0.2) is 0 Å². The van der Waals surface area contributed by atoms with Crippen molar-refractivity contribution in [2.75, 3.05) is 7.05 Å². The van der Waals surface area contributed by atoms with Gasteiger partial charge < -0.3 is 5.73 Å². The van der Waals surface area contributed by atoms with Crippen LogP contribution in [-0.4, -0.2) is 25.8 Å². The molecule has 2 N–H and O–H groups in total. The lowest BCUT2D eigenvalue weighted by atomic mass is 10.1. The van der Waals surface area contributed by atoms with Crippen molar-refractivity contribution in [1.29, 1.82) is 0 Å². The topological polar surface area (TPSA) is 63.4 Å². The molecule has 0 heterocycles. The molecule has 0 radical (unpaired) electrons. The van der Waals surface area contributed by atoms with Gasteiger partial charge in [0.1, 0.15) is 5.82 Å². The summed E-state index contributed by atoms with van der Waals surface area (Å²) in [7, 11) is -2.10. The molecule has 1 aromatic carbocycles. The predicted octanol–water partition coefficient (Wildman–Crippen LogP) is 1.62. The van der Waals surface area contributed by atoms with E-state index in [1.165, 1.54) is 30.4 Å². The minimum atomic E-state index is -3.60. The molecule has 0 fully saturated rings. The summed E-state index contributed by atoms with van der Waals surface area (Å²) in [5, 5.41) is 0. The minimum Gasteiger partial charge on any atom is -0.326 e. The van der Waals surface area contributed by atoms with Crippen LogP contribution in [-0.2, 0) is 16.6 Å².